The highest BCUT2D eigenvalue weighted by Gasteiger charge is 2.62. The second kappa shape index (κ2) is 3.90. The van der Waals surface area contributed by atoms with E-state index >= 15 is 0 Å². The smallest absolute Gasteiger partial charge is 0.161 e. The highest BCUT2D eigenvalue weighted by Crippen LogP contribution is 2.59. The standard InChI is InChI=1S/C15H22O4/c1-8-5-9(16)6-10-11(17)7-12-13(15(8,10)4)14(2,3)19-18-12/h6,8-9,12-13,16H,5,7H2,1-4H3/t8?,9?,12-,13+,15+/m1/s1. The van der Waals surface area contributed by atoms with E-state index in [2.05, 4.69) is 13.8 Å². The van der Waals surface area contributed by atoms with Crippen molar-refractivity contribution < 1.29 is 19.7 Å². The summed E-state index contributed by atoms with van der Waals surface area (Å²) in [6.07, 6.45) is 2.13. The molecule has 4 heteroatoms. The highest BCUT2D eigenvalue weighted by atomic mass is 17.2. The molecule has 4 nitrogen and oxygen atoms in total. The molecule has 1 saturated heterocycles. The zero-order valence-electron chi connectivity index (χ0n) is 12.0. The van der Waals surface area contributed by atoms with Crippen molar-refractivity contribution in [2.75, 3.05) is 0 Å². The number of hydrogen-bond acceptors (Lipinski definition) is 4. The van der Waals surface area contributed by atoms with Crippen LogP contribution in [0.15, 0.2) is 11.6 Å². The number of aliphatic hydroxyl groups is 1. The fourth-order valence-corrected chi connectivity index (χ4v) is 4.47. The molecule has 1 saturated carbocycles. The van der Waals surface area contributed by atoms with Crippen LogP contribution in [-0.2, 0) is 14.6 Å². The van der Waals surface area contributed by atoms with Gasteiger partial charge in [-0.3, -0.25) is 4.79 Å². The molecular formula is C15H22O4. The molecule has 2 fully saturated rings. The van der Waals surface area contributed by atoms with Crippen LogP contribution in [0.1, 0.15) is 40.5 Å². The molecule has 5 atom stereocenters. The van der Waals surface area contributed by atoms with Crippen molar-refractivity contribution >= 4 is 5.78 Å². The van der Waals surface area contributed by atoms with Gasteiger partial charge in [0, 0.05) is 23.3 Å². The SMILES string of the molecule is CC1CC(O)C=C2C(=O)C[C@H]3OOC(C)(C)[C@H]3[C@]21C. The Morgan fingerprint density at radius 2 is 2.05 bits per heavy atom. The summed E-state index contributed by atoms with van der Waals surface area (Å²) >= 11 is 0. The third kappa shape index (κ3) is 1.66. The van der Waals surface area contributed by atoms with Crippen LogP contribution in [0.3, 0.4) is 0 Å². The van der Waals surface area contributed by atoms with Gasteiger partial charge in [-0.25, -0.2) is 9.78 Å². The average Bonchev–Trinajstić information content (AvgIpc) is 2.59. The Hall–Kier alpha value is -0.710. The molecule has 0 aromatic rings. The van der Waals surface area contributed by atoms with E-state index in [0.29, 0.717) is 12.8 Å². The van der Waals surface area contributed by atoms with Crippen LogP contribution < -0.4 is 0 Å². The van der Waals surface area contributed by atoms with E-state index in [4.69, 9.17) is 9.78 Å². The Labute approximate surface area is 113 Å². The number of aliphatic hydroxyl groups excluding tert-OH is 1. The van der Waals surface area contributed by atoms with Gasteiger partial charge in [0.25, 0.3) is 0 Å². The van der Waals surface area contributed by atoms with E-state index in [9.17, 15) is 9.90 Å². The molecule has 1 heterocycles. The molecular weight excluding hydrogens is 244 g/mol. The van der Waals surface area contributed by atoms with Crippen molar-refractivity contribution in [1.82, 2.24) is 0 Å². The first-order valence-electron chi connectivity index (χ1n) is 7.05. The van der Waals surface area contributed by atoms with Crippen molar-refractivity contribution in [2.45, 2.75) is 58.3 Å². The Kier molecular flexibility index (Phi) is 2.73. The molecule has 0 aromatic heterocycles. The van der Waals surface area contributed by atoms with Crippen molar-refractivity contribution in [3.63, 3.8) is 0 Å². The summed E-state index contributed by atoms with van der Waals surface area (Å²) in [5.74, 6) is 0.464. The Morgan fingerprint density at radius 1 is 1.37 bits per heavy atom. The van der Waals surface area contributed by atoms with E-state index in [-0.39, 0.29) is 29.1 Å². The van der Waals surface area contributed by atoms with E-state index in [1.54, 1.807) is 6.08 Å². The number of Topliss-reactive ketones (excluding diaryl/α,β-unsaturated/α-hetero) is 1. The molecule has 0 spiro atoms. The second-order valence-corrected chi connectivity index (χ2v) is 6.99. The van der Waals surface area contributed by atoms with Crippen molar-refractivity contribution in [3.8, 4) is 0 Å². The molecule has 1 aliphatic heterocycles. The predicted molar refractivity (Wildman–Crippen MR) is 69.1 cm³/mol. The van der Waals surface area contributed by atoms with Gasteiger partial charge in [0.15, 0.2) is 5.78 Å². The molecule has 0 amide bonds. The number of carbonyl (C=O) groups excluding carboxylic acids is 1. The maximum Gasteiger partial charge on any atom is 0.161 e. The number of allylic oxidation sites excluding steroid dienone is 1. The van der Waals surface area contributed by atoms with Crippen molar-refractivity contribution in [3.05, 3.63) is 11.6 Å². The molecule has 0 radical (unpaired) electrons. The zero-order chi connectivity index (χ0) is 14.0. The second-order valence-electron chi connectivity index (χ2n) is 6.99. The summed E-state index contributed by atoms with van der Waals surface area (Å²) in [7, 11) is 0. The average molecular weight is 266 g/mol. The van der Waals surface area contributed by atoms with E-state index in [1.165, 1.54) is 0 Å². The minimum absolute atomic E-state index is 0.0932. The summed E-state index contributed by atoms with van der Waals surface area (Å²) in [6, 6.07) is 0. The van der Waals surface area contributed by atoms with Gasteiger partial charge in [-0.15, -0.1) is 0 Å². The lowest BCUT2D eigenvalue weighted by molar-refractivity contribution is -0.318. The van der Waals surface area contributed by atoms with Gasteiger partial charge in [-0.1, -0.05) is 13.8 Å². The number of fused-ring (bicyclic) bond motifs is 3. The zero-order valence-corrected chi connectivity index (χ0v) is 12.0. The van der Waals surface area contributed by atoms with Gasteiger partial charge in [-0.2, -0.15) is 0 Å². The van der Waals surface area contributed by atoms with Crippen LogP contribution in [0.5, 0.6) is 0 Å². The summed E-state index contributed by atoms with van der Waals surface area (Å²) in [5.41, 5.74) is 0.0943. The topological polar surface area (TPSA) is 55.8 Å². The van der Waals surface area contributed by atoms with Crippen LogP contribution in [0.4, 0.5) is 0 Å². The van der Waals surface area contributed by atoms with Gasteiger partial charge in [-0.05, 0) is 32.3 Å². The fraction of sp³-hybridized carbons (Fsp3) is 0.800. The Morgan fingerprint density at radius 3 is 2.74 bits per heavy atom. The lowest BCUT2D eigenvalue weighted by Crippen LogP contribution is -2.55. The Balaban J connectivity index is 2.14. The van der Waals surface area contributed by atoms with Gasteiger partial charge < -0.3 is 5.11 Å². The summed E-state index contributed by atoms with van der Waals surface area (Å²) in [5, 5.41) is 9.93. The maximum absolute atomic E-state index is 12.4. The number of rotatable bonds is 0. The lowest BCUT2D eigenvalue weighted by Gasteiger charge is -2.52. The third-order valence-electron chi connectivity index (χ3n) is 5.40. The molecule has 19 heavy (non-hydrogen) atoms. The van der Waals surface area contributed by atoms with Crippen LogP contribution in [0.25, 0.3) is 0 Å². The van der Waals surface area contributed by atoms with Gasteiger partial charge in [0.2, 0.25) is 0 Å². The molecule has 106 valence electrons. The summed E-state index contributed by atoms with van der Waals surface area (Å²) in [6.45, 7) is 8.28. The van der Waals surface area contributed by atoms with E-state index in [1.807, 2.05) is 13.8 Å². The first-order chi connectivity index (χ1) is 8.76. The predicted octanol–water partition coefficient (Wildman–Crippen LogP) is 2.02. The first kappa shape index (κ1) is 13.3. The van der Waals surface area contributed by atoms with Crippen LogP contribution in [0, 0.1) is 17.3 Å². The van der Waals surface area contributed by atoms with Crippen LogP contribution in [-0.4, -0.2) is 28.7 Å². The first-order valence-corrected chi connectivity index (χ1v) is 7.05. The van der Waals surface area contributed by atoms with Crippen molar-refractivity contribution in [2.24, 2.45) is 17.3 Å². The summed E-state index contributed by atoms with van der Waals surface area (Å²) < 4.78 is 0. The summed E-state index contributed by atoms with van der Waals surface area (Å²) in [4.78, 5) is 23.3. The molecule has 1 N–H and O–H groups in total. The van der Waals surface area contributed by atoms with Crippen molar-refractivity contribution in [1.29, 1.82) is 0 Å². The lowest BCUT2D eigenvalue weighted by atomic mass is 9.51. The highest BCUT2D eigenvalue weighted by molar-refractivity contribution is 5.98. The number of hydrogen-bond donors (Lipinski definition) is 1. The van der Waals surface area contributed by atoms with E-state index in [0.717, 1.165) is 5.57 Å². The normalized spacial score (nSPS) is 48.5. The molecule has 3 aliphatic rings. The fourth-order valence-electron chi connectivity index (χ4n) is 4.47. The van der Waals surface area contributed by atoms with E-state index < -0.39 is 11.7 Å². The largest absolute Gasteiger partial charge is 0.389 e. The number of ketones is 1. The van der Waals surface area contributed by atoms with Crippen LogP contribution in [0.2, 0.25) is 0 Å². The quantitative estimate of drug-likeness (QED) is 0.681. The minimum atomic E-state index is -0.509. The van der Waals surface area contributed by atoms with Gasteiger partial charge in [0.05, 0.1) is 6.10 Å². The molecule has 0 bridgehead atoms. The number of carbonyl (C=O) groups is 1. The molecule has 3 rings (SSSR count). The maximum atomic E-state index is 12.4. The van der Waals surface area contributed by atoms with Gasteiger partial charge in [0.1, 0.15) is 11.7 Å². The van der Waals surface area contributed by atoms with Gasteiger partial charge >= 0.3 is 0 Å². The molecule has 2 aliphatic carbocycles. The monoisotopic (exact) mass is 266 g/mol. The molecule has 0 aromatic carbocycles. The Bertz CT molecular complexity index is 453. The minimum Gasteiger partial charge on any atom is -0.389 e. The third-order valence-corrected chi connectivity index (χ3v) is 5.40. The van der Waals surface area contributed by atoms with Crippen LogP contribution >= 0.6 is 0 Å². The molecule has 2 unspecified atom stereocenters.